The van der Waals surface area contributed by atoms with Gasteiger partial charge in [-0.05, 0) is 63.4 Å². The third-order valence-corrected chi connectivity index (χ3v) is 10.7. The van der Waals surface area contributed by atoms with Crippen molar-refractivity contribution in [3.05, 3.63) is 45.9 Å². The smallest absolute Gasteiger partial charge is 0.413 e. The lowest BCUT2D eigenvalue weighted by molar-refractivity contribution is -0.158. The van der Waals surface area contributed by atoms with Crippen LogP contribution in [-0.4, -0.2) is 142 Å². The summed E-state index contributed by atoms with van der Waals surface area (Å²) in [6, 6.07) is -2.68. The average Bonchev–Trinajstić information content (AvgIpc) is 3.09. The minimum atomic E-state index is -2.99. The predicted molar refractivity (Wildman–Crippen MR) is 196 cm³/mol. The van der Waals surface area contributed by atoms with Gasteiger partial charge >= 0.3 is 12.1 Å². The van der Waals surface area contributed by atoms with Crippen LogP contribution in [0.5, 0.6) is 0 Å². The van der Waals surface area contributed by atoms with Crippen molar-refractivity contribution in [2.24, 2.45) is 17.6 Å². The van der Waals surface area contributed by atoms with Crippen molar-refractivity contribution in [1.29, 1.82) is 0 Å². The Labute approximate surface area is 320 Å². The Morgan fingerprint density at radius 2 is 1.65 bits per heavy atom. The standard InChI is InChI=1S/C38H55N5O12/c1-7-9-11-12-13-28(45)54-20-55-36(50)43(14-10-8-2)19-27(44)40-26-17-25(41(3)4)22-15-21-16-24-31(42(5)6)33(47)29(35(39)49)34(48)37(24,51)18-23(21)32(46)30(22)38(26,52)53/h17-18,21,24,26,31,48,51-53H,7-16,19-20H2,1-6H3,(H2,39,49)(H,40,44)/t21-,24-,26?,31-,37-/m0/s1. The number of rotatable bonds is 16. The minimum Gasteiger partial charge on any atom is -0.508 e. The fraction of sp³-hybridized carbons (Fsp3) is 0.632. The number of Topliss-reactive ketones (excluding diaryl/α,β-unsaturated/α-hetero) is 2. The molecule has 304 valence electrons. The van der Waals surface area contributed by atoms with E-state index in [4.69, 9.17) is 15.2 Å². The molecule has 0 radical (unpaired) electrons. The van der Waals surface area contributed by atoms with E-state index in [1.807, 2.05) is 13.8 Å². The number of amides is 3. The lowest BCUT2D eigenvalue weighted by Gasteiger charge is -2.50. The van der Waals surface area contributed by atoms with E-state index in [-0.39, 0.29) is 37.0 Å². The first-order chi connectivity index (χ1) is 25.8. The van der Waals surface area contributed by atoms with Gasteiger partial charge in [-0.3, -0.25) is 33.8 Å². The fourth-order valence-electron chi connectivity index (χ4n) is 7.94. The Balaban J connectivity index is 1.58. The van der Waals surface area contributed by atoms with Crippen molar-refractivity contribution in [2.75, 3.05) is 48.1 Å². The van der Waals surface area contributed by atoms with Gasteiger partial charge in [0.25, 0.3) is 5.91 Å². The molecule has 55 heavy (non-hydrogen) atoms. The maximum atomic E-state index is 14.4. The zero-order valence-corrected chi connectivity index (χ0v) is 32.4. The summed E-state index contributed by atoms with van der Waals surface area (Å²) in [7, 11) is 6.49. The number of hydrogen-bond donors (Lipinski definition) is 6. The number of aliphatic hydroxyl groups excluding tert-OH is 1. The van der Waals surface area contributed by atoms with Gasteiger partial charge in [-0.15, -0.1) is 0 Å². The summed E-state index contributed by atoms with van der Waals surface area (Å²) in [6.45, 7) is 2.83. The van der Waals surface area contributed by atoms with Crippen LogP contribution in [0.1, 0.15) is 71.6 Å². The zero-order valence-electron chi connectivity index (χ0n) is 32.4. The SMILES string of the molecule is CCCCCCC(=O)OCOC(=O)N(CCCC)CC(=O)NC1C=C(N(C)C)C2=C(C(=O)C3=C[C@@]4(O)C(O)=C(C(N)=O)C(=O)[C@@H](N(C)C)[C@@H]4C[C@@H]3C2)C1(O)O. The van der Waals surface area contributed by atoms with E-state index in [2.05, 4.69) is 5.32 Å². The van der Waals surface area contributed by atoms with Crippen molar-refractivity contribution in [2.45, 2.75) is 95.1 Å². The third kappa shape index (κ3) is 8.79. The molecule has 17 nitrogen and oxygen atoms in total. The number of esters is 1. The van der Waals surface area contributed by atoms with Gasteiger partial charge in [0.05, 0.1) is 11.6 Å². The molecule has 0 aliphatic heterocycles. The van der Waals surface area contributed by atoms with E-state index in [0.717, 1.165) is 30.2 Å². The van der Waals surface area contributed by atoms with Crippen molar-refractivity contribution in [1.82, 2.24) is 20.0 Å². The Morgan fingerprint density at radius 1 is 0.982 bits per heavy atom. The Morgan fingerprint density at radius 3 is 2.25 bits per heavy atom. The summed E-state index contributed by atoms with van der Waals surface area (Å²) < 4.78 is 10.1. The van der Waals surface area contributed by atoms with E-state index < -0.39 is 101 Å². The fourth-order valence-corrected chi connectivity index (χ4v) is 7.94. The monoisotopic (exact) mass is 773 g/mol. The van der Waals surface area contributed by atoms with Crippen LogP contribution in [0, 0.1) is 11.8 Å². The molecule has 0 aromatic rings. The molecule has 7 N–H and O–H groups in total. The van der Waals surface area contributed by atoms with Crippen LogP contribution in [0.15, 0.2) is 45.9 Å². The van der Waals surface area contributed by atoms with Gasteiger partial charge in [0.15, 0.2) is 11.6 Å². The number of aliphatic hydroxyl groups is 4. The number of ether oxygens (including phenoxy) is 2. The summed E-state index contributed by atoms with van der Waals surface area (Å²) in [5.41, 5.74) is 2.40. The highest BCUT2D eigenvalue weighted by atomic mass is 16.7. The molecule has 0 fully saturated rings. The average molecular weight is 774 g/mol. The lowest BCUT2D eigenvalue weighted by atomic mass is 9.59. The van der Waals surface area contributed by atoms with E-state index in [1.165, 1.54) is 11.0 Å². The summed E-state index contributed by atoms with van der Waals surface area (Å²) >= 11 is 0. The molecule has 0 saturated carbocycles. The van der Waals surface area contributed by atoms with E-state index in [9.17, 15) is 49.2 Å². The number of nitrogens with one attached hydrogen (secondary N) is 1. The number of carbonyl (C=O) groups is 6. The maximum Gasteiger partial charge on any atom is 0.413 e. The van der Waals surface area contributed by atoms with E-state index in [1.54, 1.807) is 33.1 Å². The van der Waals surface area contributed by atoms with Gasteiger partial charge in [0.2, 0.25) is 18.5 Å². The molecular weight excluding hydrogens is 718 g/mol. The Hall–Kier alpha value is -4.58. The molecule has 3 amide bonds. The minimum absolute atomic E-state index is 0.00211. The van der Waals surface area contributed by atoms with Gasteiger partial charge in [-0.25, -0.2) is 4.79 Å². The zero-order chi connectivity index (χ0) is 41.0. The van der Waals surface area contributed by atoms with Gasteiger partial charge in [-0.2, -0.15) is 0 Å². The number of primary amides is 1. The molecule has 0 heterocycles. The second-order valence-corrected chi connectivity index (χ2v) is 15.1. The molecule has 4 rings (SSSR count). The molecule has 1 unspecified atom stereocenters. The normalized spacial score (nSPS) is 25.6. The summed E-state index contributed by atoms with van der Waals surface area (Å²) in [5, 5.41) is 48.9. The van der Waals surface area contributed by atoms with Crippen molar-refractivity contribution in [3.8, 4) is 0 Å². The number of hydrogen-bond acceptors (Lipinski definition) is 14. The largest absolute Gasteiger partial charge is 0.508 e. The molecule has 17 heteroatoms. The molecule has 0 spiro atoms. The number of allylic oxidation sites excluding steroid dienone is 2. The third-order valence-electron chi connectivity index (χ3n) is 10.7. The van der Waals surface area contributed by atoms with Crippen LogP contribution in [0.3, 0.4) is 0 Å². The van der Waals surface area contributed by atoms with E-state index >= 15 is 0 Å². The number of likely N-dealkylation sites (N-methyl/N-ethyl adjacent to an activating group) is 2. The molecule has 0 aromatic heterocycles. The molecule has 5 atom stereocenters. The van der Waals surface area contributed by atoms with Crippen LogP contribution in [0.25, 0.3) is 0 Å². The van der Waals surface area contributed by atoms with Gasteiger partial charge < -0.3 is 45.9 Å². The van der Waals surface area contributed by atoms with Gasteiger partial charge in [0.1, 0.15) is 29.5 Å². The molecule has 0 aromatic carbocycles. The summed E-state index contributed by atoms with van der Waals surface area (Å²) in [5.74, 6) is -9.85. The quantitative estimate of drug-likeness (QED) is 0.0547. The topological polar surface area (TPSA) is 250 Å². The summed E-state index contributed by atoms with van der Waals surface area (Å²) in [4.78, 5) is 82.6. The first-order valence-electron chi connectivity index (χ1n) is 18.7. The highest BCUT2D eigenvalue weighted by molar-refractivity contribution is 6.22. The molecule has 4 aliphatic carbocycles. The van der Waals surface area contributed by atoms with Crippen molar-refractivity contribution < 1.29 is 58.7 Å². The predicted octanol–water partition coefficient (Wildman–Crippen LogP) is 0.694. The molecule has 0 bridgehead atoms. The van der Waals surface area contributed by atoms with Crippen LogP contribution >= 0.6 is 0 Å². The molecular formula is C38H55N5O12. The Bertz CT molecular complexity index is 1700. The highest BCUT2D eigenvalue weighted by Crippen LogP contribution is 2.53. The number of nitrogens with two attached hydrogens (primary N) is 1. The van der Waals surface area contributed by atoms with Crippen molar-refractivity contribution >= 4 is 35.4 Å². The Kier molecular flexibility index (Phi) is 13.7. The molecule has 0 saturated heterocycles. The first-order valence-corrected chi connectivity index (χ1v) is 18.7. The lowest BCUT2D eigenvalue weighted by Crippen LogP contribution is -2.62. The van der Waals surface area contributed by atoms with Crippen LogP contribution in [0.2, 0.25) is 0 Å². The second-order valence-electron chi connectivity index (χ2n) is 15.1. The number of carbonyl (C=O) groups excluding carboxylic acids is 6. The van der Waals surface area contributed by atoms with E-state index in [0.29, 0.717) is 25.0 Å². The van der Waals surface area contributed by atoms with Crippen LogP contribution in [-0.2, 0) is 33.4 Å². The molecule has 4 aliphatic rings. The number of unbranched alkanes of at least 4 members (excludes halogenated alkanes) is 4. The summed E-state index contributed by atoms with van der Waals surface area (Å²) in [6.07, 6.45) is 6.47. The highest BCUT2D eigenvalue weighted by Gasteiger charge is 2.60. The number of ketones is 2. The first kappa shape index (κ1) is 43.2. The maximum absolute atomic E-state index is 14.4. The number of nitrogens with zero attached hydrogens (tertiary/aromatic N) is 3. The van der Waals surface area contributed by atoms with Crippen LogP contribution in [0.4, 0.5) is 4.79 Å². The van der Waals surface area contributed by atoms with Crippen molar-refractivity contribution in [3.63, 3.8) is 0 Å². The van der Waals surface area contributed by atoms with Crippen LogP contribution < -0.4 is 11.1 Å². The van der Waals surface area contributed by atoms with Gasteiger partial charge in [-0.1, -0.05) is 39.5 Å². The number of fused-ring (bicyclic) bond motifs is 2. The van der Waals surface area contributed by atoms with Gasteiger partial charge in [0, 0.05) is 44.2 Å². The second kappa shape index (κ2) is 17.5.